The molecule has 0 aliphatic carbocycles. The predicted octanol–water partition coefficient (Wildman–Crippen LogP) is 1.32. The van der Waals surface area contributed by atoms with E-state index >= 15 is 0 Å². The number of aromatic nitrogens is 1. The molecule has 24 heavy (non-hydrogen) atoms. The lowest BCUT2D eigenvalue weighted by atomic mass is 10.0. The molecule has 1 aromatic heterocycles. The zero-order valence-electron chi connectivity index (χ0n) is 13.6. The summed E-state index contributed by atoms with van der Waals surface area (Å²) in [5, 5.41) is 10.2. The monoisotopic (exact) mass is 339 g/mol. The number of amides is 1. The maximum Gasteiger partial charge on any atom is 0.250 e. The number of aliphatic hydroxyl groups excluding tert-OH is 1. The molecule has 2 aliphatic rings. The number of likely N-dealkylation sites (tertiary alicyclic amines) is 2. The van der Waals surface area contributed by atoms with Crippen LogP contribution in [0.15, 0.2) is 24.5 Å². The molecule has 0 radical (unpaired) electrons. The quantitative estimate of drug-likeness (QED) is 0.899. The number of nitrogens with zero attached hydrogens (tertiary/aromatic N) is 3. The summed E-state index contributed by atoms with van der Waals surface area (Å²) < 4.78 is 26.5. The van der Waals surface area contributed by atoms with Crippen LogP contribution in [0.4, 0.5) is 8.78 Å². The van der Waals surface area contributed by atoms with Crippen molar-refractivity contribution < 1.29 is 18.7 Å². The van der Waals surface area contributed by atoms with Crippen LogP contribution in [0.25, 0.3) is 0 Å². The summed E-state index contributed by atoms with van der Waals surface area (Å²) in [5.41, 5.74) is 1.00. The van der Waals surface area contributed by atoms with Crippen molar-refractivity contribution in [3.8, 4) is 0 Å². The van der Waals surface area contributed by atoms with Crippen molar-refractivity contribution >= 4 is 5.91 Å². The van der Waals surface area contributed by atoms with Gasteiger partial charge in [-0.3, -0.25) is 14.7 Å². The fourth-order valence-electron chi connectivity index (χ4n) is 3.47. The zero-order valence-corrected chi connectivity index (χ0v) is 13.6. The van der Waals surface area contributed by atoms with Crippen LogP contribution >= 0.6 is 0 Å². The predicted molar refractivity (Wildman–Crippen MR) is 84.7 cm³/mol. The van der Waals surface area contributed by atoms with Gasteiger partial charge >= 0.3 is 0 Å². The minimum atomic E-state index is -2.60. The second-order valence-corrected chi connectivity index (χ2v) is 6.69. The van der Waals surface area contributed by atoms with Gasteiger partial charge in [0.1, 0.15) is 0 Å². The first kappa shape index (κ1) is 17.2. The van der Waals surface area contributed by atoms with Crippen LogP contribution in [0, 0.1) is 0 Å². The Hall–Kier alpha value is -1.60. The summed E-state index contributed by atoms with van der Waals surface area (Å²) in [7, 11) is 0. The van der Waals surface area contributed by atoms with Crippen LogP contribution in [-0.4, -0.2) is 70.0 Å². The van der Waals surface area contributed by atoms with Gasteiger partial charge < -0.3 is 10.0 Å². The number of aliphatic hydroxyl groups is 1. The topological polar surface area (TPSA) is 56.7 Å². The van der Waals surface area contributed by atoms with E-state index in [0.29, 0.717) is 19.4 Å². The van der Waals surface area contributed by atoms with E-state index in [1.807, 2.05) is 17.0 Å². The lowest BCUT2D eigenvalue weighted by molar-refractivity contribution is -0.130. The van der Waals surface area contributed by atoms with Crippen LogP contribution in [0.5, 0.6) is 0 Å². The summed E-state index contributed by atoms with van der Waals surface area (Å²) in [4.78, 5) is 19.9. The Labute approximate surface area is 140 Å². The fourth-order valence-corrected chi connectivity index (χ4v) is 3.47. The van der Waals surface area contributed by atoms with Gasteiger partial charge in [0.15, 0.2) is 0 Å². The van der Waals surface area contributed by atoms with Crippen molar-refractivity contribution in [1.29, 1.82) is 0 Å². The molecule has 7 heteroatoms. The van der Waals surface area contributed by atoms with Gasteiger partial charge in [-0.1, -0.05) is 6.07 Å². The standard InChI is InChI=1S/C17H23F2N3O2/c18-17(19)5-8-21(9-6-17)14-11-22(12-15(14)23)16(24)4-3-13-2-1-7-20-10-13/h1-2,7,10,14-15,23H,3-6,8-9,11-12H2/t14-,15-/m1/s1. The Morgan fingerprint density at radius 3 is 2.75 bits per heavy atom. The van der Waals surface area contributed by atoms with Crippen LogP contribution in [0.2, 0.25) is 0 Å². The third kappa shape index (κ3) is 4.08. The molecule has 0 aromatic carbocycles. The van der Waals surface area contributed by atoms with Crippen molar-refractivity contribution in [3.05, 3.63) is 30.1 Å². The number of pyridine rings is 1. The highest BCUT2D eigenvalue weighted by atomic mass is 19.3. The SMILES string of the molecule is O=C(CCc1cccnc1)N1C[C@@H](O)[C@H](N2CCC(F)(F)CC2)C1. The van der Waals surface area contributed by atoms with Gasteiger partial charge in [-0.05, 0) is 18.1 Å². The Balaban J connectivity index is 1.51. The minimum Gasteiger partial charge on any atom is -0.390 e. The van der Waals surface area contributed by atoms with E-state index in [4.69, 9.17) is 0 Å². The number of alkyl halides is 2. The van der Waals surface area contributed by atoms with Crippen molar-refractivity contribution in [2.24, 2.45) is 0 Å². The normalized spacial score (nSPS) is 27.4. The number of rotatable bonds is 4. The van der Waals surface area contributed by atoms with Gasteiger partial charge in [0, 0.05) is 57.8 Å². The maximum atomic E-state index is 13.3. The van der Waals surface area contributed by atoms with E-state index in [9.17, 15) is 18.7 Å². The molecule has 5 nitrogen and oxygen atoms in total. The van der Waals surface area contributed by atoms with E-state index in [-0.39, 0.29) is 44.4 Å². The fraction of sp³-hybridized carbons (Fsp3) is 0.647. The van der Waals surface area contributed by atoms with Crippen molar-refractivity contribution in [1.82, 2.24) is 14.8 Å². The number of aryl methyl sites for hydroxylation is 1. The number of hydrogen-bond acceptors (Lipinski definition) is 4. The van der Waals surface area contributed by atoms with E-state index in [1.54, 1.807) is 17.3 Å². The lowest BCUT2D eigenvalue weighted by Crippen LogP contribution is -2.49. The summed E-state index contributed by atoms with van der Waals surface area (Å²) in [5.74, 6) is -2.61. The molecule has 2 fully saturated rings. The van der Waals surface area contributed by atoms with E-state index in [1.165, 1.54) is 0 Å². The zero-order chi connectivity index (χ0) is 17.2. The first-order chi connectivity index (χ1) is 11.4. The third-order valence-electron chi connectivity index (χ3n) is 4.96. The van der Waals surface area contributed by atoms with E-state index < -0.39 is 12.0 Å². The molecule has 1 amide bonds. The molecule has 0 spiro atoms. The Bertz CT molecular complexity index is 560. The molecular formula is C17H23F2N3O2. The molecule has 3 heterocycles. The molecule has 2 atom stereocenters. The number of halogens is 2. The largest absolute Gasteiger partial charge is 0.390 e. The average Bonchev–Trinajstić information content (AvgIpc) is 2.95. The molecule has 0 saturated carbocycles. The number of piperidine rings is 1. The highest BCUT2D eigenvalue weighted by Gasteiger charge is 2.42. The Morgan fingerprint density at radius 2 is 2.08 bits per heavy atom. The molecule has 0 bridgehead atoms. The molecule has 0 unspecified atom stereocenters. The molecule has 2 aliphatic heterocycles. The molecule has 1 N–H and O–H groups in total. The molecule has 3 rings (SSSR count). The van der Waals surface area contributed by atoms with E-state index in [2.05, 4.69) is 4.98 Å². The summed E-state index contributed by atoms with van der Waals surface area (Å²) in [6.07, 6.45) is 3.39. The van der Waals surface area contributed by atoms with Crippen LogP contribution < -0.4 is 0 Å². The molecular weight excluding hydrogens is 316 g/mol. The van der Waals surface area contributed by atoms with Crippen LogP contribution in [0.3, 0.4) is 0 Å². The van der Waals surface area contributed by atoms with Gasteiger partial charge in [0.25, 0.3) is 5.92 Å². The molecule has 132 valence electrons. The highest BCUT2D eigenvalue weighted by molar-refractivity contribution is 5.77. The van der Waals surface area contributed by atoms with Crippen molar-refractivity contribution in [2.75, 3.05) is 26.2 Å². The first-order valence-corrected chi connectivity index (χ1v) is 8.41. The Kier molecular flexibility index (Phi) is 5.10. The van der Waals surface area contributed by atoms with Crippen LogP contribution in [0.1, 0.15) is 24.8 Å². The van der Waals surface area contributed by atoms with Crippen LogP contribution in [-0.2, 0) is 11.2 Å². The number of carbonyl (C=O) groups is 1. The number of β-amino-alcohol motifs (C(OH)–C–C–N with tert-alkyl or cyclic N) is 1. The van der Waals surface area contributed by atoms with Gasteiger partial charge in [0.05, 0.1) is 12.1 Å². The van der Waals surface area contributed by atoms with Gasteiger partial charge in [-0.15, -0.1) is 0 Å². The lowest BCUT2D eigenvalue weighted by Gasteiger charge is -2.36. The molecule has 2 saturated heterocycles. The van der Waals surface area contributed by atoms with Gasteiger partial charge in [-0.2, -0.15) is 0 Å². The second-order valence-electron chi connectivity index (χ2n) is 6.69. The first-order valence-electron chi connectivity index (χ1n) is 8.41. The van der Waals surface area contributed by atoms with E-state index in [0.717, 1.165) is 5.56 Å². The minimum absolute atomic E-state index is 0.0113. The highest BCUT2D eigenvalue weighted by Crippen LogP contribution is 2.30. The molecule has 1 aromatic rings. The van der Waals surface area contributed by atoms with Crippen molar-refractivity contribution in [3.63, 3.8) is 0 Å². The average molecular weight is 339 g/mol. The number of hydrogen-bond donors (Lipinski definition) is 1. The Morgan fingerprint density at radius 1 is 1.33 bits per heavy atom. The van der Waals surface area contributed by atoms with Gasteiger partial charge in [-0.25, -0.2) is 8.78 Å². The summed E-state index contributed by atoms with van der Waals surface area (Å²) >= 11 is 0. The summed E-state index contributed by atoms with van der Waals surface area (Å²) in [6, 6.07) is 3.53. The second kappa shape index (κ2) is 7.11. The summed E-state index contributed by atoms with van der Waals surface area (Å²) in [6.45, 7) is 1.24. The number of carbonyl (C=O) groups excluding carboxylic acids is 1. The maximum absolute atomic E-state index is 13.3. The van der Waals surface area contributed by atoms with Crippen molar-refractivity contribution in [2.45, 2.75) is 43.8 Å². The third-order valence-corrected chi connectivity index (χ3v) is 4.96. The smallest absolute Gasteiger partial charge is 0.250 e. The van der Waals surface area contributed by atoms with Gasteiger partial charge in [0.2, 0.25) is 5.91 Å².